The van der Waals surface area contributed by atoms with Crippen molar-refractivity contribution in [2.24, 2.45) is 0 Å². The van der Waals surface area contributed by atoms with Gasteiger partial charge >= 0.3 is 0 Å². The predicted molar refractivity (Wildman–Crippen MR) is 100 cm³/mol. The highest BCUT2D eigenvalue weighted by Crippen LogP contribution is 2.28. The second kappa shape index (κ2) is 7.92. The van der Waals surface area contributed by atoms with Crippen LogP contribution in [-0.2, 0) is 22.6 Å². The highest BCUT2D eigenvalue weighted by Gasteiger charge is 2.25. The van der Waals surface area contributed by atoms with Crippen molar-refractivity contribution in [2.75, 3.05) is 26.2 Å². The molecule has 3 aromatic heterocycles. The first-order valence-electron chi connectivity index (χ1n) is 8.43. The number of piperazine rings is 1. The van der Waals surface area contributed by atoms with E-state index in [0.29, 0.717) is 32.6 Å². The minimum atomic E-state index is -0.0468. The Hall–Kier alpha value is -2.66. The summed E-state index contributed by atoms with van der Waals surface area (Å²) in [6.45, 7) is 2.21. The van der Waals surface area contributed by atoms with Crippen molar-refractivity contribution in [3.8, 4) is 9.88 Å². The van der Waals surface area contributed by atoms with Crippen LogP contribution in [-0.4, -0.2) is 73.0 Å². The predicted octanol–water partition coefficient (Wildman–Crippen LogP) is 0.772. The van der Waals surface area contributed by atoms with Crippen LogP contribution in [0.15, 0.2) is 29.2 Å². The molecular weight excluding hydrogens is 386 g/mol. The standard InChI is InChI=1S/C16H17N7O2S2/c24-14(8-12-10-27-16(18-12)13-2-1-7-26-13)21-3-5-22(6-4-21)15(25)9-23-11-17-19-20-23/h1-2,7,10-11H,3-6,8-9H2. The maximum absolute atomic E-state index is 12.6. The maximum atomic E-state index is 12.6. The molecule has 0 unspecified atom stereocenters. The molecule has 1 aliphatic heterocycles. The Bertz CT molecular complexity index is 899. The quantitative estimate of drug-likeness (QED) is 0.624. The molecule has 4 rings (SSSR count). The molecule has 11 heteroatoms. The van der Waals surface area contributed by atoms with Gasteiger partial charge in [-0.05, 0) is 21.9 Å². The monoisotopic (exact) mass is 403 g/mol. The number of carbonyl (C=O) groups excluding carboxylic acids is 2. The minimum absolute atomic E-state index is 0.0468. The molecule has 0 aromatic carbocycles. The Kier molecular flexibility index (Phi) is 5.21. The van der Waals surface area contributed by atoms with Crippen LogP contribution >= 0.6 is 22.7 Å². The van der Waals surface area contributed by atoms with Crippen LogP contribution in [0.3, 0.4) is 0 Å². The maximum Gasteiger partial charge on any atom is 0.244 e. The van der Waals surface area contributed by atoms with Gasteiger partial charge in [0.2, 0.25) is 11.8 Å². The van der Waals surface area contributed by atoms with Crippen molar-refractivity contribution >= 4 is 34.5 Å². The van der Waals surface area contributed by atoms with Gasteiger partial charge in [-0.2, -0.15) is 0 Å². The average molecular weight is 403 g/mol. The number of aromatic nitrogens is 5. The molecule has 0 bridgehead atoms. The molecular formula is C16H17N7O2S2. The van der Waals surface area contributed by atoms with Crippen LogP contribution in [0.5, 0.6) is 0 Å². The van der Waals surface area contributed by atoms with E-state index in [2.05, 4.69) is 20.5 Å². The zero-order chi connectivity index (χ0) is 18.6. The molecule has 4 heterocycles. The first kappa shape index (κ1) is 17.7. The second-order valence-corrected chi connectivity index (χ2v) is 7.87. The first-order chi connectivity index (χ1) is 13.2. The van der Waals surface area contributed by atoms with E-state index in [1.54, 1.807) is 32.5 Å². The first-order valence-corrected chi connectivity index (χ1v) is 10.2. The summed E-state index contributed by atoms with van der Waals surface area (Å²) in [7, 11) is 0. The second-order valence-electron chi connectivity index (χ2n) is 6.07. The normalized spacial score (nSPS) is 14.5. The smallest absolute Gasteiger partial charge is 0.244 e. The summed E-state index contributed by atoms with van der Waals surface area (Å²) < 4.78 is 1.40. The summed E-state index contributed by atoms with van der Waals surface area (Å²) in [4.78, 5) is 34.0. The number of thiophene rings is 1. The summed E-state index contributed by atoms with van der Waals surface area (Å²) in [5.41, 5.74) is 0.797. The Balaban J connectivity index is 1.28. The summed E-state index contributed by atoms with van der Waals surface area (Å²) >= 11 is 3.20. The SMILES string of the molecule is O=C(Cc1csc(-c2cccs2)n1)N1CCN(C(=O)Cn2cnnn2)CC1. The third-order valence-electron chi connectivity index (χ3n) is 4.29. The van der Waals surface area contributed by atoms with E-state index in [9.17, 15) is 9.59 Å². The van der Waals surface area contributed by atoms with E-state index in [1.165, 1.54) is 11.0 Å². The van der Waals surface area contributed by atoms with E-state index in [4.69, 9.17) is 0 Å². The molecule has 1 fully saturated rings. The van der Waals surface area contributed by atoms with Crippen molar-refractivity contribution in [2.45, 2.75) is 13.0 Å². The van der Waals surface area contributed by atoms with Crippen LogP contribution in [0.2, 0.25) is 0 Å². The molecule has 140 valence electrons. The van der Waals surface area contributed by atoms with Crippen molar-refractivity contribution in [1.82, 2.24) is 35.0 Å². The van der Waals surface area contributed by atoms with Crippen molar-refractivity contribution in [3.63, 3.8) is 0 Å². The zero-order valence-electron chi connectivity index (χ0n) is 14.4. The lowest BCUT2D eigenvalue weighted by Gasteiger charge is -2.34. The molecule has 0 N–H and O–H groups in total. The zero-order valence-corrected chi connectivity index (χ0v) is 16.0. The lowest BCUT2D eigenvalue weighted by molar-refractivity contribution is -0.139. The van der Waals surface area contributed by atoms with Gasteiger partial charge in [-0.1, -0.05) is 6.07 Å². The number of hydrogen-bond acceptors (Lipinski definition) is 8. The lowest BCUT2D eigenvalue weighted by Crippen LogP contribution is -2.51. The Morgan fingerprint density at radius 2 is 1.85 bits per heavy atom. The Morgan fingerprint density at radius 3 is 2.52 bits per heavy atom. The summed E-state index contributed by atoms with van der Waals surface area (Å²) in [6, 6.07) is 4.02. The fraction of sp³-hybridized carbons (Fsp3) is 0.375. The number of hydrogen-bond donors (Lipinski definition) is 0. The van der Waals surface area contributed by atoms with E-state index in [0.717, 1.165) is 15.6 Å². The van der Waals surface area contributed by atoms with Crippen LogP contribution in [0.4, 0.5) is 0 Å². The molecule has 0 radical (unpaired) electrons. The van der Waals surface area contributed by atoms with Gasteiger partial charge in [0, 0.05) is 31.6 Å². The van der Waals surface area contributed by atoms with Crippen molar-refractivity contribution < 1.29 is 9.59 Å². The molecule has 0 aliphatic carbocycles. The molecule has 0 atom stereocenters. The molecule has 1 aliphatic rings. The van der Waals surface area contributed by atoms with E-state index < -0.39 is 0 Å². The Morgan fingerprint density at radius 1 is 1.07 bits per heavy atom. The fourth-order valence-electron chi connectivity index (χ4n) is 2.86. The van der Waals surface area contributed by atoms with Gasteiger partial charge < -0.3 is 9.80 Å². The van der Waals surface area contributed by atoms with E-state index >= 15 is 0 Å². The highest BCUT2D eigenvalue weighted by atomic mass is 32.1. The highest BCUT2D eigenvalue weighted by molar-refractivity contribution is 7.20. The molecule has 27 heavy (non-hydrogen) atoms. The molecule has 9 nitrogen and oxygen atoms in total. The fourth-order valence-corrected chi connectivity index (χ4v) is 4.50. The van der Waals surface area contributed by atoms with Crippen LogP contribution < -0.4 is 0 Å². The van der Waals surface area contributed by atoms with Crippen LogP contribution in [0.1, 0.15) is 5.69 Å². The number of thiazole rings is 1. The number of carbonyl (C=O) groups is 2. The van der Waals surface area contributed by atoms with Gasteiger partial charge in [0.05, 0.1) is 17.0 Å². The minimum Gasteiger partial charge on any atom is -0.339 e. The average Bonchev–Trinajstić information content (AvgIpc) is 3.44. The van der Waals surface area contributed by atoms with Crippen molar-refractivity contribution in [1.29, 1.82) is 0 Å². The van der Waals surface area contributed by atoms with Gasteiger partial charge in [0.1, 0.15) is 17.9 Å². The number of nitrogens with zero attached hydrogens (tertiary/aromatic N) is 7. The Labute approximate surface area is 163 Å². The van der Waals surface area contributed by atoms with Gasteiger partial charge in [-0.15, -0.1) is 27.8 Å². The number of amides is 2. The number of tetrazole rings is 1. The summed E-state index contributed by atoms with van der Waals surface area (Å²) in [5.74, 6) is 0.0000877. The molecule has 1 saturated heterocycles. The lowest BCUT2D eigenvalue weighted by atomic mass is 10.2. The van der Waals surface area contributed by atoms with Crippen LogP contribution in [0.25, 0.3) is 9.88 Å². The topological polar surface area (TPSA) is 97.1 Å². The summed E-state index contributed by atoms with van der Waals surface area (Å²) in [6.07, 6.45) is 1.70. The third kappa shape index (κ3) is 4.19. The largest absolute Gasteiger partial charge is 0.339 e. The van der Waals surface area contributed by atoms with E-state index in [1.807, 2.05) is 22.9 Å². The molecule has 2 amide bonds. The van der Waals surface area contributed by atoms with E-state index in [-0.39, 0.29) is 18.4 Å². The summed E-state index contributed by atoms with van der Waals surface area (Å²) in [5, 5.41) is 15.6. The molecule has 0 spiro atoms. The van der Waals surface area contributed by atoms with Crippen molar-refractivity contribution in [3.05, 3.63) is 34.9 Å². The third-order valence-corrected chi connectivity index (χ3v) is 6.22. The molecule has 0 saturated carbocycles. The number of rotatable bonds is 5. The van der Waals surface area contributed by atoms with Gasteiger partial charge in [-0.25, -0.2) is 9.67 Å². The van der Waals surface area contributed by atoms with Crippen LogP contribution in [0, 0.1) is 0 Å². The van der Waals surface area contributed by atoms with Gasteiger partial charge in [-0.3, -0.25) is 9.59 Å². The van der Waals surface area contributed by atoms with Gasteiger partial charge in [0.15, 0.2) is 0 Å². The molecule has 3 aromatic rings. The van der Waals surface area contributed by atoms with Gasteiger partial charge in [0.25, 0.3) is 0 Å².